The summed E-state index contributed by atoms with van der Waals surface area (Å²) in [5.74, 6) is 0.801. The van der Waals surface area contributed by atoms with E-state index in [0.717, 1.165) is 11.8 Å². The molecule has 0 unspecified atom stereocenters. The van der Waals surface area contributed by atoms with Crippen LogP contribution in [0.5, 0.6) is 5.75 Å². The number of benzene rings is 2. The summed E-state index contributed by atoms with van der Waals surface area (Å²) in [7, 11) is -2.49. The summed E-state index contributed by atoms with van der Waals surface area (Å²) in [6.45, 7) is 1.61. The number of sulfone groups is 1. The Morgan fingerprint density at radius 2 is 1.91 bits per heavy atom. The molecule has 2 aromatic carbocycles. The Hall–Kier alpha value is -3.29. The van der Waals surface area contributed by atoms with Gasteiger partial charge < -0.3 is 4.74 Å². The summed E-state index contributed by atoms with van der Waals surface area (Å²) < 4.78 is 57.0. The van der Waals surface area contributed by atoms with Gasteiger partial charge in [0.15, 0.2) is 5.16 Å². The van der Waals surface area contributed by atoms with Crippen LogP contribution >= 0.6 is 11.8 Å². The molecule has 0 fully saturated rings. The van der Waals surface area contributed by atoms with Gasteiger partial charge in [0.2, 0.25) is 9.84 Å². The van der Waals surface area contributed by atoms with E-state index in [1.54, 1.807) is 49.4 Å². The number of allylic oxidation sites excluding steroid dienone is 1. The summed E-state index contributed by atoms with van der Waals surface area (Å²) in [6.07, 6.45) is -1.42. The minimum absolute atomic E-state index is 0.0218. The maximum absolute atomic E-state index is 13.0. The fourth-order valence-electron chi connectivity index (χ4n) is 2.93. The lowest BCUT2D eigenvalue weighted by Gasteiger charge is -2.10. The van der Waals surface area contributed by atoms with Crippen LogP contribution < -0.4 is 4.74 Å². The van der Waals surface area contributed by atoms with Gasteiger partial charge in [-0.15, -0.1) is 0 Å². The highest BCUT2D eigenvalue weighted by molar-refractivity contribution is 7.98. The molecule has 1 heterocycles. The highest BCUT2D eigenvalue weighted by Crippen LogP contribution is 2.30. The highest BCUT2D eigenvalue weighted by Gasteiger charge is 2.20. The number of nitriles is 1. The van der Waals surface area contributed by atoms with Gasteiger partial charge in [0.05, 0.1) is 12.0 Å². The first-order valence-corrected chi connectivity index (χ1v) is 12.1. The van der Waals surface area contributed by atoms with Gasteiger partial charge in [-0.1, -0.05) is 36.0 Å². The lowest BCUT2D eigenvalue weighted by molar-refractivity contribution is 0.145. The fraction of sp³-hybridized carbons (Fsp3) is 0.174. The molecule has 0 aliphatic heterocycles. The average molecular weight is 488 g/mol. The van der Waals surface area contributed by atoms with Gasteiger partial charge in [0, 0.05) is 17.0 Å². The third-order valence-electron chi connectivity index (χ3n) is 4.49. The van der Waals surface area contributed by atoms with Crippen molar-refractivity contribution in [3.8, 4) is 11.8 Å². The van der Waals surface area contributed by atoms with Gasteiger partial charge in [-0.05, 0) is 48.9 Å². The predicted octanol–water partition coefficient (Wildman–Crippen LogP) is 5.36. The van der Waals surface area contributed by atoms with Crippen LogP contribution in [-0.2, 0) is 15.6 Å². The molecule has 0 amide bonds. The van der Waals surface area contributed by atoms with Gasteiger partial charge in [0.25, 0.3) is 6.43 Å². The summed E-state index contributed by atoms with van der Waals surface area (Å²) in [4.78, 5) is 7.68. The first-order chi connectivity index (χ1) is 15.7. The van der Waals surface area contributed by atoms with E-state index in [2.05, 4.69) is 9.97 Å². The van der Waals surface area contributed by atoms with E-state index in [0.29, 0.717) is 22.6 Å². The molecule has 0 aliphatic carbocycles. The summed E-state index contributed by atoms with van der Waals surface area (Å²) in [6, 6.07) is 15.6. The Morgan fingerprint density at radius 1 is 1.18 bits per heavy atom. The number of ether oxygens (including phenoxy) is 1. The summed E-state index contributed by atoms with van der Waals surface area (Å²) in [5, 5.41) is 9.69. The number of hydrogen-bond acceptors (Lipinski definition) is 7. The smallest absolute Gasteiger partial charge is 0.280 e. The first kappa shape index (κ1) is 24.4. The number of methoxy groups -OCH3 is 1. The normalized spacial score (nSPS) is 11.9. The van der Waals surface area contributed by atoms with Crippen LogP contribution in [0.25, 0.3) is 6.08 Å². The monoisotopic (exact) mass is 487 g/mol. The minimum atomic E-state index is -3.98. The largest absolute Gasteiger partial charge is 0.496 e. The van der Waals surface area contributed by atoms with E-state index in [-0.39, 0.29) is 21.5 Å². The highest BCUT2D eigenvalue weighted by atomic mass is 32.2. The zero-order valence-electron chi connectivity index (χ0n) is 17.7. The zero-order valence-corrected chi connectivity index (χ0v) is 19.3. The molecule has 3 rings (SSSR count). The first-order valence-electron chi connectivity index (χ1n) is 9.60. The third kappa shape index (κ3) is 5.94. The molecule has 0 saturated carbocycles. The Morgan fingerprint density at radius 3 is 2.55 bits per heavy atom. The van der Waals surface area contributed by atoms with E-state index in [1.165, 1.54) is 31.4 Å². The van der Waals surface area contributed by atoms with E-state index in [9.17, 15) is 22.5 Å². The lowest BCUT2D eigenvalue weighted by atomic mass is 10.1. The number of hydrogen-bond donors (Lipinski definition) is 0. The molecule has 0 spiro atoms. The Labute approximate surface area is 194 Å². The van der Waals surface area contributed by atoms with Crippen molar-refractivity contribution in [2.75, 3.05) is 7.11 Å². The second-order valence-corrected chi connectivity index (χ2v) is 9.67. The van der Waals surface area contributed by atoms with Gasteiger partial charge in [-0.2, -0.15) is 5.26 Å². The predicted molar refractivity (Wildman–Crippen MR) is 121 cm³/mol. The molecule has 6 nitrogen and oxygen atoms in total. The molecule has 10 heteroatoms. The van der Waals surface area contributed by atoms with E-state index in [4.69, 9.17) is 4.74 Å². The Balaban J connectivity index is 1.92. The number of nitrogens with zero attached hydrogens (tertiary/aromatic N) is 3. The van der Waals surface area contributed by atoms with Crippen molar-refractivity contribution >= 4 is 27.7 Å². The van der Waals surface area contributed by atoms with Crippen LogP contribution in [0.3, 0.4) is 0 Å². The van der Waals surface area contributed by atoms with Crippen LogP contribution in [0.1, 0.15) is 28.9 Å². The van der Waals surface area contributed by atoms with Gasteiger partial charge in [0.1, 0.15) is 22.4 Å². The van der Waals surface area contributed by atoms with Crippen molar-refractivity contribution in [3.63, 3.8) is 0 Å². The van der Waals surface area contributed by atoms with E-state index in [1.807, 2.05) is 0 Å². The maximum Gasteiger partial charge on any atom is 0.280 e. The number of halogens is 2. The van der Waals surface area contributed by atoms with Crippen LogP contribution in [-0.4, -0.2) is 25.5 Å². The summed E-state index contributed by atoms with van der Waals surface area (Å²) >= 11 is 1.15. The molecule has 0 saturated heterocycles. The molecule has 0 bridgehead atoms. The molecule has 33 heavy (non-hydrogen) atoms. The van der Waals surface area contributed by atoms with Gasteiger partial charge in [-0.3, -0.25) is 0 Å². The van der Waals surface area contributed by atoms with E-state index >= 15 is 0 Å². The topological polar surface area (TPSA) is 92.9 Å². The van der Waals surface area contributed by atoms with Crippen LogP contribution in [0.15, 0.2) is 69.6 Å². The molecular formula is C23H19F2N3O3S2. The molecule has 0 radical (unpaired) electrons. The van der Waals surface area contributed by atoms with Gasteiger partial charge in [-0.25, -0.2) is 27.2 Å². The van der Waals surface area contributed by atoms with Crippen molar-refractivity contribution in [1.82, 2.24) is 9.97 Å². The fourth-order valence-corrected chi connectivity index (χ4v) is 5.00. The quantitative estimate of drug-likeness (QED) is 0.240. The Kier molecular flexibility index (Phi) is 7.79. The SMILES string of the molecule is COc1ccc(C=C(C#N)S(=O)(=O)c2ccccc2)cc1CSc1nc(C)cc(C(F)F)n1. The summed E-state index contributed by atoms with van der Waals surface area (Å²) in [5.41, 5.74) is 1.21. The Bertz CT molecular complexity index is 1320. The zero-order chi connectivity index (χ0) is 24.0. The van der Waals surface area contributed by atoms with Crippen molar-refractivity contribution < 1.29 is 21.9 Å². The van der Waals surface area contributed by atoms with E-state index < -0.39 is 21.2 Å². The average Bonchev–Trinajstić information content (AvgIpc) is 2.81. The lowest BCUT2D eigenvalue weighted by Crippen LogP contribution is -2.03. The van der Waals surface area contributed by atoms with Crippen molar-refractivity contribution in [3.05, 3.63) is 82.0 Å². The molecule has 0 atom stereocenters. The molecule has 1 aromatic heterocycles. The second-order valence-electron chi connectivity index (χ2n) is 6.81. The number of thioether (sulfide) groups is 1. The van der Waals surface area contributed by atoms with Crippen molar-refractivity contribution in [2.24, 2.45) is 0 Å². The third-order valence-corrected chi connectivity index (χ3v) is 7.07. The maximum atomic E-state index is 13.0. The second kappa shape index (κ2) is 10.6. The van der Waals surface area contributed by atoms with Crippen molar-refractivity contribution in [1.29, 1.82) is 5.26 Å². The van der Waals surface area contributed by atoms with Crippen LogP contribution in [0.2, 0.25) is 0 Å². The minimum Gasteiger partial charge on any atom is -0.496 e. The van der Waals surface area contributed by atoms with Crippen molar-refractivity contribution in [2.45, 2.75) is 29.2 Å². The molecule has 0 N–H and O–H groups in total. The molecular weight excluding hydrogens is 468 g/mol. The van der Waals surface area contributed by atoms with Crippen LogP contribution in [0.4, 0.5) is 8.78 Å². The molecule has 170 valence electrons. The number of rotatable bonds is 8. The number of alkyl halides is 2. The number of aromatic nitrogens is 2. The molecule has 3 aromatic rings. The molecule has 0 aliphatic rings. The van der Waals surface area contributed by atoms with Crippen LogP contribution in [0, 0.1) is 18.3 Å². The van der Waals surface area contributed by atoms with Gasteiger partial charge >= 0.3 is 0 Å². The number of aryl methyl sites for hydroxylation is 1. The standard InChI is InChI=1S/C23H19F2N3O3S2/c1-15-10-20(22(24)25)28-23(27-15)32-14-17-11-16(8-9-21(17)31-2)12-19(13-26)33(29,30)18-6-4-3-5-7-18/h3-12,22H,14H2,1-2H3.